The van der Waals surface area contributed by atoms with Crippen LogP contribution in [0.25, 0.3) is 0 Å². The number of rotatable bonds is 3. The fourth-order valence-electron chi connectivity index (χ4n) is 1.44. The van der Waals surface area contributed by atoms with E-state index in [1.807, 2.05) is 4.68 Å². The van der Waals surface area contributed by atoms with Crippen LogP contribution in [-0.4, -0.2) is 15.0 Å². The number of nitrogens with zero attached hydrogens (tertiary/aromatic N) is 3. The maximum Gasteiger partial charge on any atom is 0.0987 e. The number of halogens is 1. The summed E-state index contributed by atoms with van der Waals surface area (Å²) in [5, 5.41) is 8.35. The molecule has 4 heteroatoms. The highest BCUT2D eigenvalue weighted by atomic mass is 127. The highest BCUT2D eigenvalue weighted by Crippen LogP contribution is 2.28. The van der Waals surface area contributed by atoms with Gasteiger partial charge >= 0.3 is 0 Å². The normalized spacial score (nSPS) is 13.7. The molecule has 0 aliphatic carbocycles. The lowest BCUT2D eigenvalue weighted by atomic mass is 10.1. The maximum atomic E-state index is 4.21. The number of aryl methyl sites for hydroxylation is 1. The van der Waals surface area contributed by atoms with Gasteiger partial charge in [0.05, 0.1) is 15.3 Å². The molecule has 1 heterocycles. The van der Waals surface area contributed by atoms with Crippen LogP contribution in [0.15, 0.2) is 0 Å². The molecular formula is C9H16IN3. The predicted octanol–water partition coefficient (Wildman–Crippen LogP) is 2.92. The zero-order valence-corrected chi connectivity index (χ0v) is 10.7. The third-order valence-electron chi connectivity index (χ3n) is 2.02. The van der Waals surface area contributed by atoms with Crippen molar-refractivity contribution in [2.45, 2.75) is 44.1 Å². The van der Waals surface area contributed by atoms with Gasteiger partial charge in [0.2, 0.25) is 0 Å². The molecule has 3 nitrogen and oxygen atoms in total. The second kappa shape index (κ2) is 4.39. The SMILES string of the molecule is CCn1nnc(C(C)I)c1C(C)C. The molecule has 0 saturated heterocycles. The van der Waals surface area contributed by atoms with E-state index in [9.17, 15) is 0 Å². The average Bonchev–Trinajstić information content (AvgIpc) is 2.46. The number of aromatic nitrogens is 3. The zero-order chi connectivity index (χ0) is 10.0. The standard InChI is InChI=1S/C9H16IN3/c1-5-13-9(6(2)3)8(7(4)10)11-12-13/h6-7H,5H2,1-4H3. The van der Waals surface area contributed by atoms with Gasteiger partial charge in [-0.1, -0.05) is 41.7 Å². The molecule has 0 bridgehead atoms. The molecule has 0 fully saturated rings. The Morgan fingerprint density at radius 1 is 1.38 bits per heavy atom. The van der Waals surface area contributed by atoms with Gasteiger partial charge in [0.1, 0.15) is 0 Å². The molecule has 1 aromatic heterocycles. The van der Waals surface area contributed by atoms with Crippen molar-refractivity contribution in [1.82, 2.24) is 15.0 Å². The topological polar surface area (TPSA) is 30.7 Å². The quantitative estimate of drug-likeness (QED) is 0.633. The molecule has 0 saturated carbocycles. The van der Waals surface area contributed by atoms with Crippen LogP contribution >= 0.6 is 22.6 Å². The van der Waals surface area contributed by atoms with Crippen LogP contribution in [0.3, 0.4) is 0 Å². The smallest absolute Gasteiger partial charge is 0.0987 e. The Hall–Kier alpha value is -0.130. The fraction of sp³-hybridized carbons (Fsp3) is 0.778. The lowest BCUT2D eigenvalue weighted by Gasteiger charge is -2.10. The van der Waals surface area contributed by atoms with Crippen LogP contribution in [0.2, 0.25) is 0 Å². The van der Waals surface area contributed by atoms with Crippen LogP contribution in [0, 0.1) is 0 Å². The molecule has 0 N–H and O–H groups in total. The first-order valence-electron chi connectivity index (χ1n) is 4.65. The van der Waals surface area contributed by atoms with Gasteiger partial charge in [0.15, 0.2) is 0 Å². The fourth-order valence-corrected chi connectivity index (χ4v) is 1.89. The van der Waals surface area contributed by atoms with E-state index in [1.165, 1.54) is 5.69 Å². The van der Waals surface area contributed by atoms with Crippen LogP contribution in [0.1, 0.15) is 48.9 Å². The lowest BCUT2D eigenvalue weighted by molar-refractivity contribution is 0.579. The van der Waals surface area contributed by atoms with Crippen LogP contribution < -0.4 is 0 Å². The molecule has 1 atom stereocenters. The van der Waals surface area contributed by atoms with Crippen molar-refractivity contribution in [2.24, 2.45) is 0 Å². The third kappa shape index (κ3) is 2.21. The van der Waals surface area contributed by atoms with Gasteiger partial charge in [-0.2, -0.15) is 0 Å². The maximum absolute atomic E-state index is 4.21. The number of hydrogen-bond donors (Lipinski definition) is 0. The zero-order valence-electron chi connectivity index (χ0n) is 8.58. The molecule has 0 aliphatic heterocycles. The number of hydrogen-bond acceptors (Lipinski definition) is 2. The molecule has 13 heavy (non-hydrogen) atoms. The lowest BCUT2D eigenvalue weighted by Crippen LogP contribution is -2.06. The van der Waals surface area contributed by atoms with Crippen molar-refractivity contribution in [3.05, 3.63) is 11.4 Å². The summed E-state index contributed by atoms with van der Waals surface area (Å²) >= 11 is 2.38. The van der Waals surface area contributed by atoms with E-state index < -0.39 is 0 Å². The first-order valence-corrected chi connectivity index (χ1v) is 5.89. The second-order valence-electron chi connectivity index (χ2n) is 3.45. The van der Waals surface area contributed by atoms with Crippen molar-refractivity contribution in [2.75, 3.05) is 0 Å². The minimum Gasteiger partial charge on any atom is -0.249 e. The Morgan fingerprint density at radius 3 is 2.38 bits per heavy atom. The Labute approximate surface area is 93.0 Å². The highest BCUT2D eigenvalue weighted by Gasteiger charge is 2.17. The van der Waals surface area contributed by atoms with Gasteiger partial charge in [-0.25, -0.2) is 4.68 Å². The molecule has 0 spiro atoms. The summed E-state index contributed by atoms with van der Waals surface area (Å²) in [5.41, 5.74) is 2.42. The average molecular weight is 293 g/mol. The van der Waals surface area contributed by atoms with Crippen molar-refractivity contribution in [3.63, 3.8) is 0 Å². The van der Waals surface area contributed by atoms with E-state index in [-0.39, 0.29) is 0 Å². The Morgan fingerprint density at radius 2 is 2.00 bits per heavy atom. The molecule has 0 amide bonds. The van der Waals surface area contributed by atoms with Crippen LogP contribution in [0.4, 0.5) is 0 Å². The summed E-state index contributed by atoms with van der Waals surface area (Å²) in [7, 11) is 0. The molecule has 1 rings (SSSR count). The van der Waals surface area contributed by atoms with Crippen molar-refractivity contribution in [3.8, 4) is 0 Å². The summed E-state index contributed by atoms with van der Waals surface area (Å²) in [4.78, 5) is 0. The van der Waals surface area contributed by atoms with Gasteiger partial charge in [-0.3, -0.25) is 0 Å². The molecule has 0 aromatic carbocycles. The van der Waals surface area contributed by atoms with Crippen LogP contribution in [-0.2, 0) is 6.54 Å². The number of alkyl halides is 1. The van der Waals surface area contributed by atoms with E-state index in [4.69, 9.17) is 0 Å². The third-order valence-corrected chi connectivity index (χ3v) is 2.61. The highest BCUT2D eigenvalue weighted by molar-refractivity contribution is 14.1. The first-order chi connectivity index (χ1) is 6.07. The first kappa shape index (κ1) is 10.9. The summed E-state index contributed by atoms with van der Waals surface area (Å²) in [5.74, 6) is 0.502. The minimum atomic E-state index is 0.440. The van der Waals surface area contributed by atoms with Gasteiger partial charge in [0, 0.05) is 6.54 Å². The molecule has 1 aromatic rings. The van der Waals surface area contributed by atoms with E-state index in [2.05, 4.69) is 60.6 Å². The van der Waals surface area contributed by atoms with E-state index in [0.717, 1.165) is 12.2 Å². The molecule has 74 valence electrons. The van der Waals surface area contributed by atoms with E-state index in [1.54, 1.807) is 0 Å². The van der Waals surface area contributed by atoms with E-state index in [0.29, 0.717) is 9.84 Å². The second-order valence-corrected chi connectivity index (χ2v) is 5.31. The van der Waals surface area contributed by atoms with Gasteiger partial charge in [-0.15, -0.1) is 5.10 Å². The van der Waals surface area contributed by atoms with E-state index >= 15 is 0 Å². The van der Waals surface area contributed by atoms with Gasteiger partial charge < -0.3 is 0 Å². The molecular weight excluding hydrogens is 277 g/mol. The summed E-state index contributed by atoms with van der Waals surface area (Å²) in [6, 6.07) is 0. The predicted molar refractivity (Wildman–Crippen MR) is 62.2 cm³/mol. The Bertz CT molecular complexity index is 278. The molecule has 0 aliphatic rings. The molecule has 0 radical (unpaired) electrons. The largest absolute Gasteiger partial charge is 0.249 e. The monoisotopic (exact) mass is 293 g/mol. The summed E-state index contributed by atoms with van der Waals surface area (Å²) < 4.78 is 2.44. The Kier molecular flexibility index (Phi) is 3.70. The van der Waals surface area contributed by atoms with Gasteiger partial charge in [0.25, 0.3) is 0 Å². The van der Waals surface area contributed by atoms with Crippen LogP contribution in [0.5, 0.6) is 0 Å². The van der Waals surface area contributed by atoms with Gasteiger partial charge in [-0.05, 0) is 19.8 Å². The van der Waals surface area contributed by atoms with Crippen molar-refractivity contribution >= 4 is 22.6 Å². The molecule has 1 unspecified atom stereocenters. The Balaban J connectivity index is 3.14. The minimum absolute atomic E-state index is 0.440. The van der Waals surface area contributed by atoms with Crippen molar-refractivity contribution < 1.29 is 0 Å². The van der Waals surface area contributed by atoms with Crippen molar-refractivity contribution in [1.29, 1.82) is 0 Å². The summed E-state index contributed by atoms with van der Waals surface area (Å²) in [6.07, 6.45) is 0. The summed E-state index contributed by atoms with van der Waals surface area (Å²) in [6.45, 7) is 9.53.